The lowest BCUT2D eigenvalue weighted by Crippen LogP contribution is -2.41. The van der Waals surface area contributed by atoms with Crippen LogP contribution in [0.2, 0.25) is 0 Å². The maximum atomic E-state index is 11.5. The van der Waals surface area contributed by atoms with Crippen LogP contribution in [0, 0.1) is 0 Å². The van der Waals surface area contributed by atoms with Gasteiger partial charge in [0.05, 0.1) is 11.0 Å². The Kier molecular flexibility index (Phi) is 6.07. The van der Waals surface area contributed by atoms with Crippen molar-refractivity contribution in [3.63, 3.8) is 0 Å². The lowest BCUT2D eigenvalue weighted by Gasteiger charge is -2.11. The van der Waals surface area contributed by atoms with E-state index in [0.717, 1.165) is 0 Å². The van der Waals surface area contributed by atoms with Gasteiger partial charge in [-0.2, -0.15) is 0 Å². The molecule has 0 aromatic heterocycles. The molecule has 0 spiro atoms. The summed E-state index contributed by atoms with van der Waals surface area (Å²) in [5.41, 5.74) is 0. The largest absolute Gasteiger partial charge is 0.481 e. The van der Waals surface area contributed by atoms with Crippen molar-refractivity contribution in [3.8, 4) is 0 Å². The third-order valence-electron chi connectivity index (χ3n) is 3.06. The van der Waals surface area contributed by atoms with Crippen molar-refractivity contribution < 1.29 is 23.1 Å². The first-order chi connectivity index (χ1) is 8.92. The lowest BCUT2D eigenvalue weighted by molar-refractivity contribution is -0.137. The van der Waals surface area contributed by atoms with Crippen LogP contribution < -0.4 is 10.6 Å². The van der Waals surface area contributed by atoms with E-state index in [2.05, 4.69) is 10.6 Å². The maximum Gasteiger partial charge on any atom is 0.314 e. The minimum Gasteiger partial charge on any atom is -0.481 e. The van der Waals surface area contributed by atoms with E-state index < -0.39 is 27.1 Å². The number of nitrogens with one attached hydrogen (secondary N) is 2. The molecule has 0 aliphatic carbocycles. The van der Waals surface area contributed by atoms with Gasteiger partial charge in [-0.15, -0.1) is 0 Å². The first kappa shape index (κ1) is 15.7. The van der Waals surface area contributed by atoms with E-state index in [9.17, 15) is 18.0 Å². The SMILES string of the molecule is O=C(O)CCCCNC(=O)NCC1CCCS1(=O)=O. The Bertz CT molecular complexity index is 421. The summed E-state index contributed by atoms with van der Waals surface area (Å²) in [7, 11) is -3.03. The number of hydrogen-bond acceptors (Lipinski definition) is 4. The van der Waals surface area contributed by atoms with E-state index in [4.69, 9.17) is 5.11 Å². The zero-order chi connectivity index (χ0) is 14.3. The van der Waals surface area contributed by atoms with Crippen LogP contribution in [-0.4, -0.2) is 49.6 Å². The summed E-state index contributed by atoms with van der Waals surface area (Å²) in [5.74, 6) is -0.647. The number of rotatable bonds is 7. The average Bonchev–Trinajstić information content (AvgIpc) is 2.65. The van der Waals surface area contributed by atoms with Gasteiger partial charge in [-0.1, -0.05) is 0 Å². The Hall–Kier alpha value is -1.31. The van der Waals surface area contributed by atoms with Gasteiger partial charge in [0.25, 0.3) is 0 Å². The quantitative estimate of drug-likeness (QED) is 0.577. The van der Waals surface area contributed by atoms with E-state index in [1.807, 2.05) is 0 Å². The van der Waals surface area contributed by atoms with Crippen LogP contribution in [-0.2, 0) is 14.6 Å². The molecule has 1 aliphatic rings. The summed E-state index contributed by atoms with van der Waals surface area (Å²) in [6.45, 7) is 0.528. The summed E-state index contributed by atoms with van der Waals surface area (Å²) in [6, 6.07) is -0.405. The fourth-order valence-corrected chi connectivity index (χ4v) is 3.73. The van der Waals surface area contributed by atoms with E-state index in [-0.39, 0.29) is 18.7 Å². The Morgan fingerprint density at radius 2 is 1.95 bits per heavy atom. The van der Waals surface area contributed by atoms with Crippen LogP contribution in [0.1, 0.15) is 32.1 Å². The number of carbonyl (C=O) groups is 2. The second kappa shape index (κ2) is 7.32. The highest BCUT2D eigenvalue weighted by Gasteiger charge is 2.31. The van der Waals surface area contributed by atoms with Gasteiger partial charge in [0.15, 0.2) is 9.84 Å². The number of unbranched alkanes of at least 4 members (excludes halogenated alkanes) is 1. The van der Waals surface area contributed by atoms with Crippen LogP contribution in [0.4, 0.5) is 4.79 Å². The highest BCUT2D eigenvalue weighted by molar-refractivity contribution is 7.92. The molecule has 1 aliphatic heterocycles. The second-order valence-electron chi connectivity index (χ2n) is 4.62. The molecule has 2 amide bonds. The Balaban J connectivity index is 2.10. The van der Waals surface area contributed by atoms with Crippen molar-refractivity contribution >= 4 is 21.8 Å². The van der Waals surface area contributed by atoms with Gasteiger partial charge in [-0.3, -0.25) is 4.79 Å². The molecule has 1 unspecified atom stereocenters. The van der Waals surface area contributed by atoms with E-state index in [1.54, 1.807) is 0 Å². The van der Waals surface area contributed by atoms with Gasteiger partial charge >= 0.3 is 12.0 Å². The molecule has 1 heterocycles. The lowest BCUT2D eigenvalue weighted by atomic mass is 10.2. The number of hydrogen-bond donors (Lipinski definition) is 3. The Morgan fingerprint density at radius 1 is 1.21 bits per heavy atom. The van der Waals surface area contributed by atoms with Gasteiger partial charge < -0.3 is 15.7 Å². The van der Waals surface area contributed by atoms with Crippen molar-refractivity contribution in [1.29, 1.82) is 0 Å². The van der Waals surface area contributed by atoms with Crippen LogP contribution in [0.3, 0.4) is 0 Å². The second-order valence-corrected chi connectivity index (χ2v) is 7.02. The first-order valence-corrected chi connectivity index (χ1v) is 8.08. The van der Waals surface area contributed by atoms with Crippen molar-refractivity contribution in [1.82, 2.24) is 10.6 Å². The normalized spacial score (nSPS) is 20.9. The molecular formula is C11H20N2O5S. The summed E-state index contributed by atoms with van der Waals surface area (Å²) in [6.07, 6.45) is 2.43. The molecule has 3 N–H and O–H groups in total. The van der Waals surface area contributed by atoms with E-state index >= 15 is 0 Å². The number of carboxylic acids is 1. The molecule has 0 saturated carbocycles. The highest BCUT2D eigenvalue weighted by Crippen LogP contribution is 2.18. The third-order valence-corrected chi connectivity index (χ3v) is 5.33. The highest BCUT2D eigenvalue weighted by atomic mass is 32.2. The molecule has 7 nitrogen and oxygen atoms in total. The molecule has 0 radical (unpaired) electrons. The fourth-order valence-electron chi connectivity index (χ4n) is 1.96. The van der Waals surface area contributed by atoms with Crippen LogP contribution in [0.25, 0.3) is 0 Å². The number of aliphatic carboxylic acids is 1. The zero-order valence-corrected chi connectivity index (χ0v) is 11.5. The molecule has 0 aromatic carbocycles. The molecule has 0 aromatic rings. The van der Waals surface area contributed by atoms with Gasteiger partial charge in [-0.05, 0) is 25.7 Å². The summed E-state index contributed by atoms with van der Waals surface area (Å²) < 4.78 is 23.0. The zero-order valence-electron chi connectivity index (χ0n) is 10.7. The summed E-state index contributed by atoms with van der Waals surface area (Å²) >= 11 is 0. The molecule has 19 heavy (non-hydrogen) atoms. The van der Waals surface area contributed by atoms with Crippen molar-refractivity contribution in [2.45, 2.75) is 37.4 Å². The first-order valence-electron chi connectivity index (χ1n) is 6.37. The van der Waals surface area contributed by atoms with Crippen molar-refractivity contribution in [2.75, 3.05) is 18.8 Å². The van der Waals surface area contributed by atoms with E-state index in [1.165, 1.54) is 0 Å². The monoisotopic (exact) mass is 292 g/mol. The van der Waals surface area contributed by atoms with Gasteiger partial charge in [0.2, 0.25) is 0 Å². The molecule has 1 atom stereocenters. The van der Waals surface area contributed by atoms with Crippen LogP contribution >= 0.6 is 0 Å². The molecule has 1 rings (SSSR count). The van der Waals surface area contributed by atoms with E-state index in [0.29, 0.717) is 32.2 Å². The van der Waals surface area contributed by atoms with Crippen molar-refractivity contribution in [2.24, 2.45) is 0 Å². The number of sulfone groups is 1. The smallest absolute Gasteiger partial charge is 0.314 e. The average molecular weight is 292 g/mol. The van der Waals surface area contributed by atoms with Crippen molar-refractivity contribution in [3.05, 3.63) is 0 Å². The summed E-state index contributed by atoms with van der Waals surface area (Å²) in [5, 5.41) is 13.1. The molecule has 1 fully saturated rings. The molecule has 0 bridgehead atoms. The molecule has 110 valence electrons. The summed E-state index contributed by atoms with van der Waals surface area (Å²) in [4.78, 5) is 21.6. The predicted octanol–water partition coefficient (Wildman–Crippen LogP) is 0.118. The number of carbonyl (C=O) groups excluding carboxylic acids is 1. The van der Waals surface area contributed by atoms with Crippen LogP contribution in [0.5, 0.6) is 0 Å². The third kappa shape index (κ3) is 5.91. The Labute approximate surface area is 112 Å². The predicted molar refractivity (Wildman–Crippen MR) is 69.7 cm³/mol. The van der Waals surface area contributed by atoms with Crippen LogP contribution in [0.15, 0.2) is 0 Å². The van der Waals surface area contributed by atoms with Gasteiger partial charge in [-0.25, -0.2) is 13.2 Å². The van der Waals surface area contributed by atoms with Gasteiger partial charge in [0, 0.05) is 19.5 Å². The van der Waals surface area contributed by atoms with Gasteiger partial charge in [0.1, 0.15) is 0 Å². The minimum atomic E-state index is -3.03. The number of urea groups is 1. The maximum absolute atomic E-state index is 11.5. The fraction of sp³-hybridized carbons (Fsp3) is 0.818. The number of amides is 2. The standard InChI is InChI=1S/C11H20N2O5S/c14-10(15)5-1-2-6-12-11(16)13-8-9-4-3-7-19(9,17)18/h9H,1-8H2,(H,14,15)(H2,12,13,16). The molecular weight excluding hydrogens is 272 g/mol. The molecule has 1 saturated heterocycles. The minimum absolute atomic E-state index is 0.0869. The number of carboxylic acid groups (broad SMARTS) is 1. The Morgan fingerprint density at radius 3 is 2.53 bits per heavy atom. The molecule has 8 heteroatoms. The topological polar surface area (TPSA) is 113 Å².